The minimum Gasteiger partial charge on any atom is -0.466 e. The molecule has 0 radical (unpaired) electrons. The standard InChI is InChI=1S/C13H16N5O8PS/c1-24-12(21)13(26-27(22)23)28-2-5-7(19)8(20)11(25-5)18-4-17-6-9(14)15-3-16-10(6)18/h3-5,7-8,11,13,19-20H,2H2,1H3,(H2-,14,15,16,22,23)/p+1/t5-,7-,8-,11-,13?/m1/s1. The number of nitrogens with zero attached hydrogens (tertiary/aromatic N) is 4. The van der Waals surface area contributed by atoms with Gasteiger partial charge in [-0.25, -0.2) is 19.7 Å². The zero-order valence-electron chi connectivity index (χ0n) is 14.4. The van der Waals surface area contributed by atoms with Crippen molar-refractivity contribution < 1.29 is 38.5 Å². The Hall–Kier alpha value is -1.93. The van der Waals surface area contributed by atoms with Crippen molar-refractivity contribution in [3.8, 4) is 0 Å². The Labute approximate surface area is 162 Å². The van der Waals surface area contributed by atoms with Crippen LogP contribution in [0.2, 0.25) is 0 Å². The van der Waals surface area contributed by atoms with Crippen LogP contribution in [-0.2, 0) is 23.4 Å². The van der Waals surface area contributed by atoms with Gasteiger partial charge in [-0.15, -0.1) is 16.7 Å². The largest absolute Gasteiger partial charge is 0.696 e. The van der Waals surface area contributed by atoms with Crippen molar-refractivity contribution in [1.82, 2.24) is 19.5 Å². The first kappa shape index (κ1) is 20.8. The number of ether oxygens (including phenoxy) is 2. The van der Waals surface area contributed by atoms with Crippen molar-refractivity contribution in [2.75, 3.05) is 18.6 Å². The van der Waals surface area contributed by atoms with Gasteiger partial charge in [0, 0.05) is 10.3 Å². The maximum atomic E-state index is 11.6. The molecule has 0 saturated carbocycles. The molecule has 28 heavy (non-hydrogen) atoms. The van der Waals surface area contributed by atoms with Crippen molar-refractivity contribution >= 4 is 43.0 Å². The van der Waals surface area contributed by atoms with E-state index in [0.29, 0.717) is 11.2 Å². The molecular weight excluding hydrogens is 417 g/mol. The fourth-order valence-corrected chi connectivity index (χ4v) is 4.24. The third kappa shape index (κ3) is 4.07. The summed E-state index contributed by atoms with van der Waals surface area (Å²) in [5.41, 5.74) is 4.96. The fourth-order valence-electron chi connectivity index (χ4n) is 2.65. The molecular formula is C13H17N5O8PS+. The van der Waals surface area contributed by atoms with E-state index in [4.69, 9.17) is 15.4 Å². The smallest absolute Gasteiger partial charge is 0.466 e. The predicted molar refractivity (Wildman–Crippen MR) is 94.8 cm³/mol. The summed E-state index contributed by atoms with van der Waals surface area (Å²) in [6, 6.07) is 0. The highest BCUT2D eigenvalue weighted by atomic mass is 32.2. The van der Waals surface area contributed by atoms with Crippen LogP contribution in [0.25, 0.3) is 11.2 Å². The molecule has 3 heterocycles. The normalized spacial score (nSPS) is 26.4. The van der Waals surface area contributed by atoms with Crippen molar-refractivity contribution in [2.24, 2.45) is 0 Å². The summed E-state index contributed by atoms with van der Waals surface area (Å²) < 4.78 is 27.1. The number of hydrogen-bond donors (Lipinski definition) is 4. The number of aromatic nitrogens is 4. The molecule has 1 aliphatic rings. The van der Waals surface area contributed by atoms with Crippen LogP contribution >= 0.6 is 20.0 Å². The number of carbonyl (C=O) groups is 1. The number of anilines is 1. The summed E-state index contributed by atoms with van der Waals surface area (Å²) in [5, 5.41) is 20.7. The molecule has 2 unspecified atom stereocenters. The van der Waals surface area contributed by atoms with Crippen LogP contribution in [0.4, 0.5) is 5.82 Å². The Kier molecular flexibility index (Phi) is 6.40. The molecule has 0 aromatic carbocycles. The van der Waals surface area contributed by atoms with Gasteiger partial charge < -0.3 is 25.4 Å². The number of rotatable bonds is 7. The fraction of sp³-hybridized carbons (Fsp3) is 0.538. The molecule has 3 rings (SSSR count). The lowest BCUT2D eigenvalue weighted by molar-refractivity contribution is -0.144. The number of thioether (sulfide) groups is 1. The van der Waals surface area contributed by atoms with Crippen LogP contribution < -0.4 is 5.73 Å². The highest BCUT2D eigenvalue weighted by molar-refractivity contribution is 8.00. The molecule has 152 valence electrons. The number of nitrogen functional groups attached to an aromatic ring is 1. The maximum absolute atomic E-state index is 11.6. The lowest BCUT2D eigenvalue weighted by Crippen LogP contribution is -2.33. The molecule has 2 aromatic heterocycles. The Morgan fingerprint density at radius 2 is 2.18 bits per heavy atom. The average molecular weight is 434 g/mol. The highest BCUT2D eigenvalue weighted by Gasteiger charge is 2.45. The summed E-state index contributed by atoms with van der Waals surface area (Å²) in [5.74, 6) is -0.763. The van der Waals surface area contributed by atoms with E-state index < -0.39 is 44.2 Å². The molecule has 15 heteroatoms. The van der Waals surface area contributed by atoms with Gasteiger partial charge in [0.2, 0.25) is 0 Å². The summed E-state index contributed by atoms with van der Waals surface area (Å²) in [6.07, 6.45) is -2.00. The van der Waals surface area contributed by atoms with Gasteiger partial charge in [0.25, 0.3) is 5.44 Å². The Morgan fingerprint density at radius 1 is 1.43 bits per heavy atom. The van der Waals surface area contributed by atoms with Crippen molar-refractivity contribution in [3.05, 3.63) is 12.7 Å². The molecule has 5 N–H and O–H groups in total. The third-order valence-corrected chi connectivity index (χ3v) is 5.64. The van der Waals surface area contributed by atoms with Crippen LogP contribution in [-0.4, -0.2) is 77.2 Å². The van der Waals surface area contributed by atoms with Gasteiger partial charge in [-0.1, -0.05) is 4.52 Å². The molecule has 6 atom stereocenters. The molecule has 13 nitrogen and oxygen atoms in total. The Bertz CT molecular complexity index is 884. The molecule has 0 aliphatic carbocycles. The number of imidazole rings is 1. The summed E-state index contributed by atoms with van der Waals surface area (Å²) >= 11 is 0.784. The summed E-state index contributed by atoms with van der Waals surface area (Å²) in [7, 11) is -1.95. The molecule has 0 spiro atoms. The average Bonchev–Trinajstić information content (AvgIpc) is 3.21. The first-order valence-electron chi connectivity index (χ1n) is 7.80. The summed E-state index contributed by atoms with van der Waals surface area (Å²) in [6.45, 7) is 0. The lowest BCUT2D eigenvalue weighted by Gasteiger charge is -2.16. The van der Waals surface area contributed by atoms with E-state index in [9.17, 15) is 19.6 Å². The molecule has 1 saturated heterocycles. The van der Waals surface area contributed by atoms with Gasteiger partial charge in [-0.3, -0.25) is 4.57 Å². The highest BCUT2D eigenvalue weighted by Crippen LogP contribution is 2.35. The molecule has 1 aliphatic heterocycles. The number of methoxy groups -OCH3 is 1. The molecule has 0 amide bonds. The minimum absolute atomic E-state index is 0.0403. The molecule has 2 aromatic rings. The van der Waals surface area contributed by atoms with E-state index in [0.717, 1.165) is 18.9 Å². The monoisotopic (exact) mass is 434 g/mol. The van der Waals surface area contributed by atoms with Crippen molar-refractivity contribution in [2.45, 2.75) is 30.0 Å². The van der Waals surface area contributed by atoms with E-state index in [1.807, 2.05) is 0 Å². The SMILES string of the molecule is COC(=O)C(O[P+](=O)O)SC[C@H]1O[C@@H](n2cnc3c(N)ncnc32)[C@H](O)[C@@H]1O. The summed E-state index contributed by atoms with van der Waals surface area (Å²) in [4.78, 5) is 32.5. The Balaban J connectivity index is 1.74. The quantitative estimate of drug-likeness (QED) is 0.234. The number of nitrogens with two attached hydrogens (primary N) is 1. The zero-order valence-corrected chi connectivity index (χ0v) is 16.1. The van der Waals surface area contributed by atoms with Gasteiger partial charge in [0.15, 0.2) is 17.7 Å². The van der Waals surface area contributed by atoms with Crippen molar-refractivity contribution in [1.29, 1.82) is 0 Å². The predicted octanol–water partition coefficient (Wildman–Crippen LogP) is -1.07. The van der Waals surface area contributed by atoms with Crippen molar-refractivity contribution in [3.63, 3.8) is 0 Å². The maximum Gasteiger partial charge on any atom is 0.696 e. The number of hydrogen-bond acceptors (Lipinski definition) is 12. The van der Waals surface area contributed by atoms with E-state index in [1.165, 1.54) is 17.2 Å². The number of fused-ring (bicyclic) bond motifs is 1. The zero-order chi connectivity index (χ0) is 20.4. The van der Waals surface area contributed by atoms with E-state index >= 15 is 0 Å². The third-order valence-electron chi connectivity index (χ3n) is 3.99. The van der Waals surface area contributed by atoms with E-state index in [2.05, 4.69) is 24.2 Å². The van der Waals surface area contributed by atoms with Crippen LogP contribution in [0.5, 0.6) is 0 Å². The van der Waals surface area contributed by atoms with Gasteiger partial charge in [0.05, 0.1) is 19.5 Å². The van der Waals surface area contributed by atoms with Gasteiger partial charge in [0.1, 0.15) is 24.1 Å². The van der Waals surface area contributed by atoms with E-state index in [-0.39, 0.29) is 11.6 Å². The van der Waals surface area contributed by atoms with Crippen LogP contribution in [0.15, 0.2) is 12.7 Å². The number of esters is 1. The first-order chi connectivity index (χ1) is 13.3. The van der Waals surface area contributed by atoms with E-state index in [1.54, 1.807) is 0 Å². The van der Waals surface area contributed by atoms with Crippen LogP contribution in [0, 0.1) is 0 Å². The first-order valence-corrected chi connectivity index (χ1v) is 9.98. The van der Waals surface area contributed by atoms with Crippen LogP contribution in [0.3, 0.4) is 0 Å². The number of aliphatic hydroxyl groups excluding tert-OH is 2. The lowest BCUT2D eigenvalue weighted by atomic mass is 10.1. The number of carbonyl (C=O) groups excluding carboxylic acids is 1. The second-order valence-electron chi connectivity index (χ2n) is 5.66. The minimum atomic E-state index is -3.05. The number of aliphatic hydroxyl groups is 2. The molecule has 0 bridgehead atoms. The Morgan fingerprint density at radius 3 is 2.86 bits per heavy atom. The van der Waals surface area contributed by atoms with Gasteiger partial charge >= 0.3 is 14.2 Å². The topological polar surface area (TPSA) is 192 Å². The van der Waals surface area contributed by atoms with Gasteiger partial charge in [-0.2, -0.15) is 0 Å². The van der Waals surface area contributed by atoms with Crippen LogP contribution in [0.1, 0.15) is 6.23 Å². The van der Waals surface area contributed by atoms with Gasteiger partial charge in [-0.05, 0) is 0 Å². The second-order valence-corrected chi connectivity index (χ2v) is 7.44. The second kappa shape index (κ2) is 8.61. The molecule has 1 fully saturated rings.